The van der Waals surface area contributed by atoms with Crippen molar-refractivity contribution in [2.45, 2.75) is 38.5 Å². The summed E-state index contributed by atoms with van der Waals surface area (Å²) in [5, 5.41) is 10.4. The van der Waals surface area contributed by atoms with Gasteiger partial charge in [-0.25, -0.2) is 0 Å². The van der Waals surface area contributed by atoms with Gasteiger partial charge < -0.3 is 5.11 Å². The summed E-state index contributed by atoms with van der Waals surface area (Å²) in [5.74, 6) is 0. The van der Waals surface area contributed by atoms with Crippen LogP contribution in [-0.4, -0.2) is 5.11 Å². The molecule has 0 radical (unpaired) electrons. The van der Waals surface area contributed by atoms with Gasteiger partial charge >= 0.3 is 6.18 Å². The summed E-state index contributed by atoms with van der Waals surface area (Å²) in [6.07, 6.45) is -2.52. The lowest BCUT2D eigenvalue weighted by molar-refractivity contribution is -0.137. The molecular formula is C13H15F3O. The molecule has 1 unspecified atom stereocenters. The molecular weight excluding hydrogens is 229 g/mol. The Bertz CT molecular complexity index is 413. The van der Waals surface area contributed by atoms with E-state index in [0.717, 1.165) is 25.0 Å². The second-order valence-electron chi connectivity index (χ2n) is 5.21. The quantitative estimate of drug-likeness (QED) is 0.840. The van der Waals surface area contributed by atoms with E-state index in [9.17, 15) is 18.3 Å². The Balaban J connectivity index is 2.30. The highest BCUT2D eigenvalue weighted by Gasteiger charge is 2.53. The van der Waals surface area contributed by atoms with Crippen LogP contribution >= 0.6 is 0 Å². The van der Waals surface area contributed by atoms with E-state index >= 15 is 0 Å². The molecule has 1 atom stereocenters. The number of benzene rings is 1. The molecule has 94 valence electrons. The number of halogens is 3. The second-order valence-corrected chi connectivity index (χ2v) is 5.21. The van der Waals surface area contributed by atoms with Crippen molar-refractivity contribution in [2.24, 2.45) is 5.41 Å². The second kappa shape index (κ2) is 3.48. The average molecular weight is 244 g/mol. The first kappa shape index (κ1) is 12.4. The standard InChI is InChI=1S/C13H15F3O/c1-11(7-8-11)12(2,17)9-3-5-10(6-4-9)13(14,15)16/h3-6,17H,7-8H2,1-2H3. The molecule has 1 saturated carbocycles. The normalized spacial score (nSPS) is 22.0. The highest BCUT2D eigenvalue weighted by molar-refractivity contribution is 5.31. The lowest BCUT2D eigenvalue weighted by atomic mass is 9.81. The van der Waals surface area contributed by atoms with Crippen LogP contribution in [0.5, 0.6) is 0 Å². The van der Waals surface area contributed by atoms with E-state index in [-0.39, 0.29) is 5.41 Å². The molecule has 1 aliphatic rings. The van der Waals surface area contributed by atoms with Crippen molar-refractivity contribution in [3.05, 3.63) is 35.4 Å². The zero-order valence-corrected chi connectivity index (χ0v) is 9.80. The number of hydrogen-bond acceptors (Lipinski definition) is 1. The highest BCUT2D eigenvalue weighted by atomic mass is 19.4. The van der Waals surface area contributed by atoms with Crippen molar-refractivity contribution in [3.8, 4) is 0 Å². The Labute approximate surface area is 98.3 Å². The maximum Gasteiger partial charge on any atom is 0.416 e. The van der Waals surface area contributed by atoms with E-state index < -0.39 is 17.3 Å². The van der Waals surface area contributed by atoms with Gasteiger partial charge in [-0.05, 0) is 37.5 Å². The monoisotopic (exact) mass is 244 g/mol. The van der Waals surface area contributed by atoms with Crippen molar-refractivity contribution >= 4 is 0 Å². The van der Waals surface area contributed by atoms with Crippen molar-refractivity contribution in [1.29, 1.82) is 0 Å². The molecule has 4 heteroatoms. The van der Waals surface area contributed by atoms with Crippen molar-refractivity contribution in [1.82, 2.24) is 0 Å². The van der Waals surface area contributed by atoms with E-state index in [4.69, 9.17) is 0 Å². The van der Waals surface area contributed by atoms with Gasteiger partial charge in [0.15, 0.2) is 0 Å². The maximum absolute atomic E-state index is 12.4. The van der Waals surface area contributed by atoms with Crippen LogP contribution in [0.15, 0.2) is 24.3 Å². The predicted octanol–water partition coefficient (Wildman–Crippen LogP) is 3.71. The molecule has 1 aliphatic carbocycles. The molecule has 17 heavy (non-hydrogen) atoms. The molecule has 0 spiro atoms. The molecule has 1 nitrogen and oxygen atoms in total. The fourth-order valence-electron chi connectivity index (χ4n) is 2.01. The zero-order chi connectivity index (χ0) is 12.9. The summed E-state index contributed by atoms with van der Waals surface area (Å²) in [4.78, 5) is 0. The molecule has 0 aliphatic heterocycles. The van der Waals surface area contributed by atoms with Gasteiger partial charge in [0.1, 0.15) is 0 Å². The van der Waals surface area contributed by atoms with E-state index in [2.05, 4.69) is 0 Å². The van der Waals surface area contributed by atoms with Crippen LogP contribution in [0.1, 0.15) is 37.8 Å². The number of alkyl halides is 3. The first-order valence-electron chi connectivity index (χ1n) is 5.57. The summed E-state index contributed by atoms with van der Waals surface area (Å²) in [7, 11) is 0. The SMILES string of the molecule is CC1(C(C)(O)c2ccc(C(F)(F)F)cc2)CC1. The maximum atomic E-state index is 12.4. The minimum absolute atomic E-state index is 0.202. The van der Waals surface area contributed by atoms with E-state index in [1.165, 1.54) is 12.1 Å². The minimum Gasteiger partial charge on any atom is -0.385 e. The Kier molecular flexibility index (Phi) is 2.54. The molecule has 0 bridgehead atoms. The van der Waals surface area contributed by atoms with Crippen LogP contribution in [0, 0.1) is 5.41 Å². The van der Waals surface area contributed by atoms with Crippen molar-refractivity contribution in [3.63, 3.8) is 0 Å². The van der Waals surface area contributed by atoms with Crippen LogP contribution < -0.4 is 0 Å². The minimum atomic E-state index is -4.33. The van der Waals surface area contributed by atoms with Crippen molar-refractivity contribution < 1.29 is 18.3 Å². The van der Waals surface area contributed by atoms with Crippen LogP contribution in [0.3, 0.4) is 0 Å². The molecule has 0 amide bonds. The van der Waals surface area contributed by atoms with E-state index in [1.54, 1.807) is 6.92 Å². The van der Waals surface area contributed by atoms with Crippen LogP contribution in [-0.2, 0) is 11.8 Å². The van der Waals surface area contributed by atoms with Crippen molar-refractivity contribution in [2.75, 3.05) is 0 Å². The topological polar surface area (TPSA) is 20.2 Å². The van der Waals surface area contributed by atoms with Gasteiger partial charge in [-0.15, -0.1) is 0 Å². The summed E-state index contributed by atoms with van der Waals surface area (Å²) in [6.45, 7) is 3.62. The highest BCUT2D eigenvalue weighted by Crippen LogP contribution is 2.57. The Morgan fingerprint density at radius 3 is 1.82 bits per heavy atom. The molecule has 1 aromatic rings. The Hall–Kier alpha value is -1.03. The summed E-state index contributed by atoms with van der Waals surface area (Å²) in [5.41, 5.74) is -1.40. The van der Waals surface area contributed by atoms with Gasteiger partial charge in [-0.1, -0.05) is 19.1 Å². The third kappa shape index (κ3) is 2.06. The predicted molar refractivity (Wildman–Crippen MR) is 58.4 cm³/mol. The molecule has 1 aromatic carbocycles. The molecule has 0 saturated heterocycles. The first-order valence-corrected chi connectivity index (χ1v) is 5.57. The lowest BCUT2D eigenvalue weighted by Crippen LogP contribution is -2.31. The van der Waals surface area contributed by atoms with Crippen LogP contribution in [0.4, 0.5) is 13.2 Å². The van der Waals surface area contributed by atoms with Gasteiger partial charge in [-0.3, -0.25) is 0 Å². The summed E-state index contributed by atoms with van der Waals surface area (Å²) < 4.78 is 37.2. The molecule has 1 fully saturated rings. The Morgan fingerprint density at radius 2 is 1.47 bits per heavy atom. The molecule has 2 rings (SSSR count). The average Bonchev–Trinajstić information content (AvgIpc) is 2.97. The molecule has 1 N–H and O–H groups in total. The number of rotatable bonds is 2. The largest absolute Gasteiger partial charge is 0.416 e. The summed E-state index contributed by atoms with van der Waals surface area (Å²) in [6, 6.07) is 4.78. The van der Waals surface area contributed by atoms with Gasteiger partial charge in [0.05, 0.1) is 11.2 Å². The summed E-state index contributed by atoms with van der Waals surface area (Å²) >= 11 is 0. The fourth-order valence-corrected chi connectivity index (χ4v) is 2.01. The van der Waals surface area contributed by atoms with Gasteiger partial charge in [-0.2, -0.15) is 13.2 Å². The number of aliphatic hydroxyl groups is 1. The van der Waals surface area contributed by atoms with Gasteiger partial charge in [0.25, 0.3) is 0 Å². The first-order chi connectivity index (χ1) is 7.67. The zero-order valence-electron chi connectivity index (χ0n) is 9.80. The molecule has 0 aromatic heterocycles. The van der Waals surface area contributed by atoms with Gasteiger partial charge in [0.2, 0.25) is 0 Å². The fraction of sp³-hybridized carbons (Fsp3) is 0.538. The van der Waals surface area contributed by atoms with Gasteiger partial charge in [0, 0.05) is 5.41 Å². The van der Waals surface area contributed by atoms with Crippen LogP contribution in [0.25, 0.3) is 0 Å². The third-order valence-corrected chi connectivity index (χ3v) is 3.95. The van der Waals surface area contributed by atoms with E-state index in [1.807, 2.05) is 6.92 Å². The third-order valence-electron chi connectivity index (χ3n) is 3.95. The molecule has 0 heterocycles. The van der Waals surface area contributed by atoms with Crippen LogP contribution in [0.2, 0.25) is 0 Å². The lowest BCUT2D eigenvalue weighted by Gasteiger charge is -2.31. The Morgan fingerprint density at radius 1 is 1.06 bits per heavy atom. The smallest absolute Gasteiger partial charge is 0.385 e. The number of hydrogen-bond donors (Lipinski definition) is 1. The van der Waals surface area contributed by atoms with E-state index in [0.29, 0.717) is 5.56 Å².